The maximum absolute atomic E-state index is 13.8. The zero-order valence-electron chi connectivity index (χ0n) is 11.6. The van der Waals surface area contributed by atoms with Gasteiger partial charge in [0.1, 0.15) is 5.82 Å². The Morgan fingerprint density at radius 2 is 2.37 bits per heavy atom. The van der Waals surface area contributed by atoms with Crippen LogP contribution in [0, 0.1) is 5.82 Å². The van der Waals surface area contributed by atoms with Crippen LogP contribution in [-0.2, 0) is 4.74 Å². The molecule has 0 radical (unpaired) electrons. The summed E-state index contributed by atoms with van der Waals surface area (Å²) in [5.74, 6) is 0.880. The highest BCUT2D eigenvalue weighted by molar-refractivity contribution is 7.99. The highest BCUT2D eigenvalue weighted by Crippen LogP contribution is 2.38. The van der Waals surface area contributed by atoms with Crippen molar-refractivity contribution < 1.29 is 9.13 Å². The number of fused-ring (bicyclic) bond motifs is 1. The number of methoxy groups -OCH3 is 1. The van der Waals surface area contributed by atoms with E-state index < -0.39 is 0 Å². The van der Waals surface area contributed by atoms with Crippen molar-refractivity contribution >= 4 is 11.8 Å². The number of ether oxygens (including phenoxy) is 1. The molecular formula is C15H22FNOS. The molecule has 1 aliphatic rings. The van der Waals surface area contributed by atoms with Gasteiger partial charge in [-0.2, -0.15) is 0 Å². The number of halogens is 1. The van der Waals surface area contributed by atoms with Gasteiger partial charge >= 0.3 is 0 Å². The van der Waals surface area contributed by atoms with Crippen LogP contribution in [0.4, 0.5) is 4.39 Å². The smallest absolute Gasteiger partial charge is 0.137 e. The fourth-order valence-corrected chi connectivity index (χ4v) is 3.75. The predicted octanol–water partition coefficient (Wildman–Crippen LogP) is 3.77. The minimum absolute atomic E-state index is 0.0900. The molecular weight excluding hydrogens is 261 g/mol. The van der Waals surface area contributed by atoms with Crippen molar-refractivity contribution in [1.82, 2.24) is 5.32 Å². The van der Waals surface area contributed by atoms with Gasteiger partial charge in [-0.05, 0) is 30.2 Å². The lowest BCUT2D eigenvalue weighted by molar-refractivity contribution is 0.155. The molecule has 0 bridgehead atoms. The van der Waals surface area contributed by atoms with E-state index in [2.05, 4.69) is 12.2 Å². The normalized spacial score (nSPS) is 20.1. The van der Waals surface area contributed by atoms with E-state index in [1.54, 1.807) is 31.0 Å². The first-order valence-corrected chi connectivity index (χ1v) is 7.91. The second kappa shape index (κ2) is 7.27. The lowest BCUT2D eigenvalue weighted by Crippen LogP contribution is -2.37. The molecule has 1 aromatic rings. The van der Waals surface area contributed by atoms with Crippen LogP contribution in [0.25, 0.3) is 0 Å². The van der Waals surface area contributed by atoms with Crippen LogP contribution < -0.4 is 5.32 Å². The van der Waals surface area contributed by atoms with Crippen molar-refractivity contribution in [3.05, 3.63) is 29.6 Å². The van der Waals surface area contributed by atoms with Crippen LogP contribution in [0.3, 0.4) is 0 Å². The van der Waals surface area contributed by atoms with E-state index in [0.29, 0.717) is 12.6 Å². The summed E-state index contributed by atoms with van der Waals surface area (Å²) in [6.07, 6.45) is 3.26. The van der Waals surface area contributed by atoms with Crippen molar-refractivity contribution in [1.29, 1.82) is 0 Å². The summed E-state index contributed by atoms with van der Waals surface area (Å²) in [6, 6.07) is 5.99. The molecule has 1 heterocycles. The van der Waals surface area contributed by atoms with Crippen molar-refractivity contribution in [3.8, 4) is 0 Å². The van der Waals surface area contributed by atoms with E-state index in [1.165, 1.54) is 0 Å². The quantitative estimate of drug-likeness (QED) is 0.858. The summed E-state index contributed by atoms with van der Waals surface area (Å²) in [6.45, 7) is 2.89. The molecule has 1 aliphatic heterocycles. The van der Waals surface area contributed by atoms with Gasteiger partial charge < -0.3 is 10.1 Å². The average molecular weight is 283 g/mol. The van der Waals surface area contributed by atoms with Gasteiger partial charge in [-0.1, -0.05) is 25.5 Å². The van der Waals surface area contributed by atoms with Crippen LogP contribution in [-0.4, -0.2) is 25.5 Å². The van der Waals surface area contributed by atoms with Crippen LogP contribution in [0.15, 0.2) is 23.1 Å². The minimum Gasteiger partial charge on any atom is -0.383 e. The Bertz CT molecular complexity index is 407. The Kier molecular flexibility index (Phi) is 5.67. The van der Waals surface area contributed by atoms with Crippen molar-refractivity contribution in [2.24, 2.45) is 0 Å². The van der Waals surface area contributed by atoms with Crippen LogP contribution in [0.2, 0.25) is 0 Å². The Hall–Kier alpha value is -0.580. The zero-order chi connectivity index (χ0) is 13.7. The van der Waals surface area contributed by atoms with Gasteiger partial charge in [-0.25, -0.2) is 4.39 Å². The Labute approximate surface area is 119 Å². The Morgan fingerprint density at radius 3 is 3.11 bits per heavy atom. The fraction of sp³-hybridized carbons (Fsp3) is 0.600. The van der Waals surface area contributed by atoms with E-state index in [-0.39, 0.29) is 11.9 Å². The summed E-state index contributed by atoms with van der Waals surface area (Å²) in [4.78, 5) is 0.818. The molecule has 4 heteroatoms. The maximum atomic E-state index is 13.8. The number of hydrogen-bond donors (Lipinski definition) is 1. The van der Waals surface area contributed by atoms with E-state index >= 15 is 0 Å². The number of benzene rings is 1. The number of thioether (sulfide) groups is 1. The molecule has 0 aromatic heterocycles. The molecule has 2 rings (SSSR count). The molecule has 0 saturated heterocycles. The highest BCUT2D eigenvalue weighted by Gasteiger charge is 2.24. The second-order valence-electron chi connectivity index (χ2n) is 4.96. The second-order valence-corrected chi connectivity index (χ2v) is 6.06. The third-order valence-corrected chi connectivity index (χ3v) is 4.63. The predicted molar refractivity (Wildman–Crippen MR) is 78.2 cm³/mol. The zero-order valence-corrected chi connectivity index (χ0v) is 12.4. The lowest BCUT2D eigenvalue weighted by Gasteiger charge is -2.30. The van der Waals surface area contributed by atoms with Gasteiger partial charge in [0, 0.05) is 24.1 Å². The number of hydrogen-bond acceptors (Lipinski definition) is 3. The first-order valence-electron chi connectivity index (χ1n) is 6.92. The van der Waals surface area contributed by atoms with Crippen molar-refractivity contribution in [2.45, 2.75) is 43.2 Å². The van der Waals surface area contributed by atoms with Gasteiger partial charge in [0.05, 0.1) is 6.61 Å². The van der Waals surface area contributed by atoms with E-state index in [9.17, 15) is 4.39 Å². The summed E-state index contributed by atoms with van der Waals surface area (Å²) in [5, 5.41) is 3.64. The third-order valence-electron chi connectivity index (χ3n) is 3.47. The molecule has 2 atom stereocenters. The number of rotatable bonds is 6. The van der Waals surface area contributed by atoms with E-state index in [4.69, 9.17) is 4.74 Å². The van der Waals surface area contributed by atoms with Crippen LogP contribution in [0.1, 0.15) is 37.8 Å². The highest BCUT2D eigenvalue weighted by atomic mass is 32.2. The molecule has 0 aliphatic carbocycles. The average Bonchev–Trinajstić information content (AvgIpc) is 2.40. The molecule has 19 heavy (non-hydrogen) atoms. The van der Waals surface area contributed by atoms with Gasteiger partial charge in [0.2, 0.25) is 0 Å². The van der Waals surface area contributed by atoms with E-state index in [0.717, 1.165) is 35.5 Å². The standard InChI is InChI=1S/C15H22FNOS/c1-3-5-11(10-18-2)17-14-8-9-19-15-12(14)6-4-7-13(15)16/h4,6-7,11,14,17H,3,5,8-10H2,1-2H3. The molecule has 2 unspecified atom stereocenters. The van der Waals surface area contributed by atoms with Gasteiger partial charge in [-0.3, -0.25) is 0 Å². The van der Waals surface area contributed by atoms with Crippen LogP contribution >= 0.6 is 11.8 Å². The summed E-state index contributed by atoms with van der Waals surface area (Å²) in [7, 11) is 1.73. The molecule has 0 amide bonds. The van der Waals surface area contributed by atoms with Gasteiger partial charge in [0.15, 0.2) is 0 Å². The summed E-state index contributed by atoms with van der Waals surface area (Å²) < 4.78 is 19.1. The van der Waals surface area contributed by atoms with Crippen molar-refractivity contribution in [3.63, 3.8) is 0 Å². The Morgan fingerprint density at radius 1 is 1.53 bits per heavy atom. The SMILES string of the molecule is CCCC(COC)NC1CCSc2c(F)cccc21. The molecule has 0 fully saturated rings. The first-order chi connectivity index (χ1) is 9.26. The number of nitrogens with one attached hydrogen (secondary N) is 1. The van der Waals surface area contributed by atoms with Gasteiger partial charge in [-0.15, -0.1) is 11.8 Å². The largest absolute Gasteiger partial charge is 0.383 e. The molecule has 1 aromatic carbocycles. The molecule has 0 saturated carbocycles. The van der Waals surface area contributed by atoms with Crippen LogP contribution in [0.5, 0.6) is 0 Å². The third kappa shape index (κ3) is 3.71. The molecule has 106 valence electrons. The monoisotopic (exact) mass is 283 g/mol. The summed E-state index contributed by atoms with van der Waals surface area (Å²) in [5.41, 5.74) is 1.11. The maximum Gasteiger partial charge on any atom is 0.137 e. The minimum atomic E-state index is -0.0900. The van der Waals surface area contributed by atoms with Gasteiger partial charge in [0.25, 0.3) is 0 Å². The fourth-order valence-electron chi connectivity index (χ4n) is 2.61. The molecule has 1 N–H and O–H groups in total. The topological polar surface area (TPSA) is 21.3 Å². The molecule has 0 spiro atoms. The van der Waals surface area contributed by atoms with Crippen molar-refractivity contribution in [2.75, 3.05) is 19.5 Å². The Balaban J connectivity index is 2.12. The molecule has 2 nitrogen and oxygen atoms in total. The first kappa shape index (κ1) is 14.8. The van der Waals surface area contributed by atoms with E-state index in [1.807, 2.05) is 6.07 Å². The summed E-state index contributed by atoms with van der Waals surface area (Å²) >= 11 is 1.63. The lowest BCUT2D eigenvalue weighted by atomic mass is 10.0.